The average molecular weight is 172 g/mol. The van der Waals surface area contributed by atoms with Crippen molar-refractivity contribution in [1.29, 1.82) is 5.26 Å². The minimum Gasteiger partial charge on any atom is -0.296 e. The van der Waals surface area contributed by atoms with E-state index in [0.717, 1.165) is 0 Å². The fraction of sp³-hybridized carbons (Fsp3) is 0. The lowest BCUT2D eigenvalue weighted by atomic mass is 10.4. The number of aldehydes is 1. The van der Waals surface area contributed by atoms with Crippen molar-refractivity contribution in [2.45, 2.75) is 0 Å². The smallest absolute Gasteiger partial charge is 0.170 e. The number of fused-ring (bicyclic) bond motifs is 1. The quantitative estimate of drug-likeness (QED) is 0.584. The van der Waals surface area contributed by atoms with Gasteiger partial charge in [-0.2, -0.15) is 10.4 Å². The molecule has 0 aliphatic carbocycles. The zero-order valence-corrected chi connectivity index (χ0v) is 6.51. The summed E-state index contributed by atoms with van der Waals surface area (Å²) in [5.74, 6) is 0. The van der Waals surface area contributed by atoms with Crippen LogP contribution in [0.25, 0.3) is 5.65 Å². The summed E-state index contributed by atoms with van der Waals surface area (Å²) in [6.45, 7) is 0. The lowest BCUT2D eigenvalue weighted by Crippen LogP contribution is -1.91. The van der Waals surface area contributed by atoms with Crippen LogP contribution in [0.2, 0.25) is 0 Å². The molecule has 5 heteroatoms. The van der Waals surface area contributed by atoms with E-state index in [0.29, 0.717) is 23.2 Å². The van der Waals surface area contributed by atoms with Crippen LogP contribution >= 0.6 is 0 Å². The van der Waals surface area contributed by atoms with Gasteiger partial charge in [0.25, 0.3) is 0 Å². The van der Waals surface area contributed by atoms with E-state index in [4.69, 9.17) is 5.26 Å². The average Bonchev–Trinajstić information content (AvgIpc) is 2.58. The highest BCUT2D eigenvalue weighted by atomic mass is 16.1. The molecule has 0 aromatic carbocycles. The van der Waals surface area contributed by atoms with Crippen molar-refractivity contribution in [2.24, 2.45) is 0 Å². The van der Waals surface area contributed by atoms with Gasteiger partial charge in [0.1, 0.15) is 11.8 Å². The van der Waals surface area contributed by atoms with Crippen molar-refractivity contribution in [3.8, 4) is 6.07 Å². The highest BCUT2D eigenvalue weighted by Crippen LogP contribution is 2.02. The molecule has 0 unspecified atom stereocenters. The van der Waals surface area contributed by atoms with Gasteiger partial charge in [0.05, 0.1) is 11.8 Å². The van der Waals surface area contributed by atoms with Crippen LogP contribution in [0.5, 0.6) is 0 Å². The van der Waals surface area contributed by atoms with Crippen LogP contribution in [0.3, 0.4) is 0 Å². The Morgan fingerprint density at radius 3 is 3.15 bits per heavy atom. The number of carbonyl (C=O) groups is 1. The number of aromatic nitrogens is 3. The number of hydrogen-bond acceptors (Lipinski definition) is 4. The molecule has 0 amide bonds. The van der Waals surface area contributed by atoms with Gasteiger partial charge >= 0.3 is 0 Å². The lowest BCUT2D eigenvalue weighted by molar-refractivity contribution is 0.111. The van der Waals surface area contributed by atoms with Crippen LogP contribution in [0.4, 0.5) is 0 Å². The first-order valence-corrected chi connectivity index (χ1v) is 3.54. The Morgan fingerprint density at radius 1 is 1.62 bits per heavy atom. The van der Waals surface area contributed by atoms with E-state index in [-0.39, 0.29) is 0 Å². The van der Waals surface area contributed by atoms with E-state index in [9.17, 15) is 4.79 Å². The number of carbonyl (C=O) groups excluding carboxylic acids is 1. The fourth-order valence-corrected chi connectivity index (χ4v) is 1.01. The van der Waals surface area contributed by atoms with Gasteiger partial charge in [-0.05, 0) is 0 Å². The molecule has 0 aliphatic heterocycles. The van der Waals surface area contributed by atoms with Crippen LogP contribution in [-0.2, 0) is 0 Å². The molecule has 5 nitrogen and oxygen atoms in total. The Labute approximate surface area is 73.2 Å². The minimum atomic E-state index is 0.308. The fourth-order valence-electron chi connectivity index (χ4n) is 1.01. The normalized spacial score (nSPS) is 9.77. The van der Waals surface area contributed by atoms with Crippen molar-refractivity contribution < 1.29 is 4.79 Å². The third-order valence-corrected chi connectivity index (χ3v) is 1.58. The van der Waals surface area contributed by atoms with Crippen molar-refractivity contribution in [2.75, 3.05) is 0 Å². The number of nitrogens with zero attached hydrogens (tertiary/aromatic N) is 4. The summed E-state index contributed by atoms with van der Waals surface area (Å²) >= 11 is 0. The highest BCUT2D eigenvalue weighted by Gasteiger charge is 2.01. The Balaban J connectivity index is 2.72. The highest BCUT2D eigenvalue weighted by molar-refractivity contribution is 5.74. The first-order valence-electron chi connectivity index (χ1n) is 3.54. The molecule has 2 aromatic heterocycles. The van der Waals surface area contributed by atoms with Crippen LogP contribution < -0.4 is 0 Å². The summed E-state index contributed by atoms with van der Waals surface area (Å²) in [7, 11) is 0. The third kappa shape index (κ3) is 1.14. The SMILES string of the molecule is N#Cc1cnc2cc(C=O)nn2c1. The summed E-state index contributed by atoms with van der Waals surface area (Å²) in [5, 5.41) is 12.4. The molecule has 2 heterocycles. The topological polar surface area (TPSA) is 71.0 Å². The monoisotopic (exact) mass is 172 g/mol. The number of hydrogen-bond donors (Lipinski definition) is 0. The maximum Gasteiger partial charge on any atom is 0.170 e. The maximum absolute atomic E-state index is 10.4. The van der Waals surface area contributed by atoms with Crippen LogP contribution in [-0.4, -0.2) is 20.9 Å². The number of nitriles is 1. The minimum absolute atomic E-state index is 0.308. The molecule has 0 bridgehead atoms. The van der Waals surface area contributed by atoms with Gasteiger partial charge in [-0.15, -0.1) is 0 Å². The van der Waals surface area contributed by atoms with Crippen molar-refractivity contribution in [3.63, 3.8) is 0 Å². The van der Waals surface area contributed by atoms with Crippen LogP contribution in [0.15, 0.2) is 18.5 Å². The van der Waals surface area contributed by atoms with E-state index in [1.807, 2.05) is 6.07 Å². The Morgan fingerprint density at radius 2 is 2.46 bits per heavy atom. The van der Waals surface area contributed by atoms with Gasteiger partial charge in [0, 0.05) is 12.3 Å². The summed E-state index contributed by atoms with van der Waals surface area (Å²) < 4.78 is 1.41. The molecule has 0 aliphatic rings. The number of rotatable bonds is 1. The maximum atomic E-state index is 10.4. The molecule has 13 heavy (non-hydrogen) atoms. The molecule has 62 valence electrons. The standard InChI is InChI=1S/C8H4N4O/c9-2-6-3-10-8-1-7(5-13)11-12(8)4-6/h1,3-5H. The predicted molar refractivity (Wildman–Crippen MR) is 43.1 cm³/mol. The Bertz CT molecular complexity index is 508. The van der Waals surface area contributed by atoms with Gasteiger partial charge in [0.15, 0.2) is 11.9 Å². The van der Waals surface area contributed by atoms with Crippen molar-refractivity contribution >= 4 is 11.9 Å². The predicted octanol–water partition coefficient (Wildman–Crippen LogP) is 0.413. The zero-order chi connectivity index (χ0) is 9.26. The largest absolute Gasteiger partial charge is 0.296 e. The van der Waals surface area contributed by atoms with E-state index in [1.54, 1.807) is 6.07 Å². The van der Waals surface area contributed by atoms with Gasteiger partial charge in [-0.3, -0.25) is 4.79 Å². The molecule has 0 N–H and O–H groups in total. The molecular weight excluding hydrogens is 168 g/mol. The first-order chi connectivity index (χ1) is 6.33. The van der Waals surface area contributed by atoms with Crippen LogP contribution in [0, 0.1) is 11.3 Å². The first kappa shape index (κ1) is 7.43. The second-order valence-corrected chi connectivity index (χ2v) is 2.44. The van der Waals surface area contributed by atoms with Crippen LogP contribution in [0.1, 0.15) is 16.1 Å². The molecule has 0 fully saturated rings. The second kappa shape index (κ2) is 2.68. The molecule has 0 spiro atoms. The van der Waals surface area contributed by atoms with E-state index < -0.39 is 0 Å². The van der Waals surface area contributed by atoms with Gasteiger partial charge < -0.3 is 0 Å². The van der Waals surface area contributed by atoms with E-state index >= 15 is 0 Å². The molecule has 2 aromatic rings. The Hall–Kier alpha value is -2.22. The lowest BCUT2D eigenvalue weighted by Gasteiger charge is -1.90. The van der Waals surface area contributed by atoms with Gasteiger partial charge in [-0.1, -0.05) is 0 Å². The molecular formula is C8H4N4O. The molecule has 0 radical (unpaired) electrons. The molecule has 2 rings (SSSR count). The molecule has 0 atom stereocenters. The van der Waals surface area contributed by atoms with Crippen molar-refractivity contribution in [1.82, 2.24) is 14.6 Å². The summed E-state index contributed by atoms with van der Waals surface area (Å²) in [6, 6.07) is 3.48. The zero-order valence-electron chi connectivity index (χ0n) is 6.51. The molecule has 0 saturated carbocycles. The van der Waals surface area contributed by atoms with E-state index in [2.05, 4.69) is 10.1 Å². The van der Waals surface area contributed by atoms with Crippen molar-refractivity contribution in [3.05, 3.63) is 29.7 Å². The van der Waals surface area contributed by atoms with Gasteiger partial charge in [-0.25, -0.2) is 9.50 Å². The van der Waals surface area contributed by atoms with Gasteiger partial charge in [0.2, 0.25) is 0 Å². The third-order valence-electron chi connectivity index (χ3n) is 1.58. The summed E-state index contributed by atoms with van der Waals surface area (Å²) in [5.41, 5.74) is 1.27. The summed E-state index contributed by atoms with van der Waals surface area (Å²) in [6.07, 6.45) is 3.60. The molecule has 0 saturated heterocycles. The Kier molecular flexibility index (Phi) is 1.53. The second-order valence-electron chi connectivity index (χ2n) is 2.44. The van der Waals surface area contributed by atoms with E-state index in [1.165, 1.54) is 16.9 Å². The summed E-state index contributed by atoms with van der Waals surface area (Å²) in [4.78, 5) is 14.3.